The molecule has 0 bridgehead atoms. The van der Waals surface area contributed by atoms with Gasteiger partial charge in [-0.3, -0.25) is 4.90 Å². The first-order valence-electron chi connectivity index (χ1n) is 9.09. The number of hydrogen-bond donors (Lipinski definition) is 1. The molecule has 3 atom stereocenters. The van der Waals surface area contributed by atoms with Gasteiger partial charge in [0.25, 0.3) is 0 Å². The standard InChI is InChI=1S/C18H34N2/c1-13(2)10-19-18-9-16(8-15-4-5-15)11-20(12-18)14(3)17-6-7-17/h13-19H,4-12H2,1-3H3. The maximum absolute atomic E-state index is 3.85. The fourth-order valence-corrected chi connectivity index (χ4v) is 4.00. The van der Waals surface area contributed by atoms with E-state index in [-0.39, 0.29) is 0 Å². The van der Waals surface area contributed by atoms with Crippen LogP contribution in [0.4, 0.5) is 0 Å². The second-order valence-corrected chi connectivity index (χ2v) is 8.31. The Hall–Kier alpha value is -0.0800. The van der Waals surface area contributed by atoms with Gasteiger partial charge in [-0.1, -0.05) is 26.7 Å². The average Bonchev–Trinajstić information content (AvgIpc) is 3.27. The molecule has 1 aliphatic heterocycles. The van der Waals surface area contributed by atoms with Crippen molar-refractivity contribution in [2.45, 2.75) is 71.4 Å². The van der Waals surface area contributed by atoms with Crippen LogP contribution in [0, 0.1) is 23.7 Å². The predicted molar refractivity (Wildman–Crippen MR) is 85.8 cm³/mol. The SMILES string of the molecule is CC(C)CNC1CC(CC2CC2)CN(C(C)C2CC2)C1. The largest absolute Gasteiger partial charge is 0.312 e. The van der Waals surface area contributed by atoms with Crippen LogP contribution in [0.5, 0.6) is 0 Å². The maximum Gasteiger partial charge on any atom is 0.0198 e. The summed E-state index contributed by atoms with van der Waals surface area (Å²) in [5, 5.41) is 3.85. The summed E-state index contributed by atoms with van der Waals surface area (Å²) in [4.78, 5) is 2.83. The average molecular weight is 278 g/mol. The molecule has 1 N–H and O–H groups in total. The van der Waals surface area contributed by atoms with Gasteiger partial charge in [0.15, 0.2) is 0 Å². The minimum absolute atomic E-state index is 0.746. The summed E-state index contributed by atoms with van der Waals surface area (Å²) in [5.74, 6) is 3.83. The molecule has 2 heteroatoms. The van der Waals surface area contributed by atoms with Crippen molar-refractivity contribution in [2.24, 2.45) is 23.7 Å². The second kappa shape index (κ2) is 6.36. The van der Waals surface area contributed by atoms with E-state index >= 15 is 0 Å². The Bertz CT molecular complexity index is 307. The molecule has 3 unspecified atom stereocenters. The van der Waals surface area contributed by atoms with Crippen LogP contribution in [0.2, 0.25) is 0 Å². The van der Waals surface area contributed by atoms with Crippen molar-refractivity contribution >= 4 is 0 Å². The quantitative estimate of drug-likeness (QED) is 0.766. The first kappa shape index (κ1) is 14.8. The number of hydrogen-bond acceptors (Lipinski definition) is 2. The van der Waals surface area contributed by atoms with Crippen molar-refractivity contribution < 1.29 is 0 Å². The maximum atomic E-state index is 3.85. The zero-order valence-corrected chi connectivity index (χ0v) is 13.8. The van der Waals surface area contributed by atoms with Gasteiger partial charge in [-0.2, -0.15) is 0 Å². The number of nitrogens with zero attached hydrogens (tertiary/aromatic N) is 1. The summed E-state index contributed by atoms with van der Waals surface area (Å²) in [7, 11) is 0. The van der Waals surface area contributed by atoms with Crippen molar-refractivity contribution in [2.75, 3.05) is 19.6 Å². The van der Waals surface area contributed by atoms with Crippen LogP contribution in [-0.2, 0) is 0 Å². The van der Waals surface area contributed by atoms with E-state index in [2.05, 4.69) is 31.0 Å². The lowest BCUT2D eigenvalue weighted by molar-refractivity contribution is 0.0876. The van der Waals surface area contributed by atoms with Gasteiger partial charge in [0.2, 0.25) is 0 Å². The molecule has 20 heavy (non-hydrogen) atoms. The second-order valence-electron chi connectivity index (χ2n) is 8.31. The van der Waals surface area contributed by atoms with Crippen molar-refractivity contribution in [3.05, 3.63) is 0 Å². The highest BCUT2D eigenvalue weighted by Gasteiger charge is 2.38. The summed E-state index contributed by atoms with van der Waals surface area (Å²) >= 11 is 0. The lowest BCUT2D eigenvalue weighted by Crippen LogP contribution is -2.53. The number of nitrogens with one attached hydrogen (secondary N) is 1. The van der Waals surface area contributed by atoms with E-state index in [1.807, 2.05) is 0 Å². The smallest absolute Gasteiger partial charge is 0.0198 e. The Kier molecular flexibility index (Phi) is 4.72. The van der Waals surface area contributed by atoms with E-state index in [4.69, 9.17) is 0 Å². The Morgan fingerprint density at radius 1 is 1.00 bits per heavy atom. The van der Waals surface area contributed by atoms with Gasteiger partial charge in [0.05, 0.1) is 0 Å². The lowest BCUT2D eigenvalue weighted by Gasteiger charge is -2.42. The molecule has 3 rings (SSSR count). The van der Waals surface area contributed by atoms with Gasteiger partial charge in [-0.05, 0) is 62.8 Å². The number of rotatable bonds is 7. The van der Waals surface area contributed by atoms with Crippen molar-refractivity contribution in [1.29, 1.82) is 0 Å². The predicted octanol–water partition coefficient (Wildman–Crippen LogP) is 3.52. The summed E-state index contributed by atoms with van der Waals surface area (Å²) in [5.41, 5.74) is 0. The van der Waals surface area contributed by atoms with E-state index in [1.54, 1.807) is 0 Å². The molecular formula is C18H34N2. The third-order valence-corrected chi connectivity index (χ3v) is 5.62. The highest BCUT2D eigenvalue weighted by Crippen LogP contribution is 2.40. The van der Waals surface area contributed by atoms with E-state index < -0.39 is 0 Å². The Morgan fingerprint density at radius 3 is 2.35 bits per heavy atom. The minimum atomic E-state index is 0.746. The third kappa shape index (κ3) is 4.21. The molecule has 116 valence electrons. The molecule has 2 nitrogen and oxygen atoms in total. The van der Waals surface area contributed by atoms with E-state index in [9.17, 15) is 0 Å². The molecule has 0 radical (unpaired) electrons. The third-order valence-electron chi connectivity index (χ3n) is 5.62. The molecule has 2 saturated carbocycles. The first-order valence-corrected chi connectivity index (χ1v) is 9.09. The zero-order valence-electron chi connectivity index (χ0n) is 13.8. The lowest BCUT2D eigenvalue weighted by atomic mass is 9.88. The van der Waals surface area contributed by atoms with Crippen LogP contribution in [0.15, 0.2) is 0 Å². The number of piperidine rings is 1. The van der Waals surface area contributed by atoms with Crippen molar-refractivity contribution in [3.8, 4) is 0 Å². The van der Waals surface area contributed by atoms with Gasteiger partial charge < -0.3 is 5.32 Å². The summed E-state index contributed by atoms with van der Waals surface area (Å²) in [6, 6.07) is 1.58. The van der Waals surface area contributed by atoms with E-state index in [0.717, 1.165) is 35.8 Å². The minimum Gasteiger partial charge on any atom is -0.312 e. The van der Waals surface area contributed by atoms with Crippen LogP contribution in [0.1, 0.15) is 59.3 Å². The van der Waals surface area contributed by atoms with Crippen LogP contribution < -0.4 is 5.32 Å². The van der Waals surface area contributed by atoms with Gasteiger partial charge in [0.1, 0.15) is 0 Å². The Morgan fingerprint density at radius 2 is 1.75 bits per heavy atom. The van der Waals surface area contributed by atoms with Crippen LogP contribution in [0.25, 0.3) is 0 Å². The molecule has 1 saturated heterocycles. The summed E-state index contributed by atoms with van der Waals surface area (Å²) in [6.07, 6.45) is 8.92. The van der Waals surface area contributed by atoms with Crippen molar-refractivity contribution in [3.63, 3.8) is 0 Å². The fraction of sp³-hybridized carbons (Fsp3) is 1.00. The van der Waals surface area contributed by atoms with Crippen LogP contribution in [0.3, 0.4) is 0 Å². The molecule has 2 aliphatic carbocycles. The van der Waals surface area contributed by atoms with E-state index in [1.165, 1.54) is 58.2 Å². The Labute approximate surface area is 125 Å². The van der Waals surface area contributed by atoms with Crippen LogP contribution in [-0.4, -0.2) is 36.6 Å². The van der Waals surface area contributed by atoms with Gasteiger partial charge in [0, 0.05) is 25.2 Å². The topological polar surface area (TPSA) is 15.3 Å². The Balaban J connectivity index is 1.54. The molecule has 0 aromatic rings. The molecule has 3 aliphatic rings. The van der Waals surface area contributed by atoms with Gasteiger partial charge in [-0.15, -0.1) is 0 Å². The monoisotopic (exact) mass is 278 g/mol. The molecule has 3 fully saturated rings. The molecule has 1 heterocycles. The highest BCUT2D eigenvalue weighted by atomic mass is 15.2. The molecule has 0 aromatic heterocycles. The van der Waals surface area contributed by atoms with E-state index in [0.29, 0.717) is 0 Å². The summed E-state index contributed by atoms with van der Waals surface area (Å²) in [6.45, 7) is 11.0. The fourth-order valence-electron chi connectivity index (χ4n) is 4.00. The van der Waals surface area contributed by atoms with Gasteiger partial charge >= 0.3 is 0 Å². The van der Waals surface area contributed by atoms with Crippen molar-refractivity contribution in [1.82, 2.24) is 10.2 Å². The highest BCUT2D eigenvalue weighted by molar-refractivity contribution is 4.93. The zero-order chi connectivity index (χ0) is 14.1. The number of likely N-dealkylation sites (tertiary alicyclic amines) is 1. The molecule has 0 spiro atoms. The molecule has 0 amide bonds. The normalized spacial score (nSPS) is 33.6. The van der Waals surface area contributed by atoms with Gasteiger partial charge in [-0.25, -0.2) is 0 Å². The summed E-state index contributed by atoms with van der Waals surface area (Å²) < 4.78 is 0. The van der Waals surface area contributed by atoms with Crippen LogP contribution >= 0.6 is 0 Å². The molecular weight excluding hydrogens is 244 g/mol. The first-order chi connectivity index (χ1) is 9.61. The molecule has 0 aromatic carbocycles.